The van der Waals surface area contributed by atoms with E-state index < -0.39 is 12.1 Å². The minimum absolute atomic E-state index is 0.167. The van der Waals surface area contributed by atoms with Crippen LogP contribution in [0.5, 0.6) is 0 Å². The topological polar surface area (TPSA) is 52.6 Å². The first-order valence-electron chi connectivity index (χ1n) is 5.35. The lowest BCUT2D eigenvalue weighted by Gasteiger charge is -2.17. The molecule has 2 atom stereocenters. The Bertz CT molecular complexity index is 214. The average Bonchev–Trinajstić information content (AvgIpc) is 2.58. The van der Waals surface area contributed by atoms with E-state index in [4.69, 9.17) is 5.11 Å². The van der Waals surface area contributed by atoms with E-state index in [2.05, 4.69) is 5.32 Å². The standard InChI is InChI=1S/C10H19FN2O2/c1-13(5-3-10(14)15)4-2-9-6-8(11)7-12-9/h8-9,12H,2-7H2,1H3,(H,14,15). The van der Waals surface area contributed by atoms with Crippen molar-refractivity contribution in [3.05, 3.63) is 0 Å². The quantitative estimate of drug-likeness (QED) is 0.681. The molecule has 0 radical (unpaired) electrons. The third kappa shape index (κ3) is 5.09. The SMILES string of the molecule is CN(CCC(=O)O)CCC1CC(F)CN1. The molecule has 1 fully saturated rings. The molecule has 1 rings (SSSR count). The molecular formula is C10H19FN2O2. The molecule has 0 bridgehead atoms. The molecule has 0 aromatic heterocycles. The molecule has 0 amide bonds. The predicted molar refractivity (Wildman–Crippen MR) is 55.7 cm³/mol. The number of hydrogen-bond donors (Lipinski definition) is 2. The van der Waals surface area contributed by atoms with Gasteiger partial charge in [0.05, 0.1) is 6.42 Å². The fourth-order valence-electron chi connectivity index (χ4n) is 1.76. The fourth-order valence-corrected chi connectivity index (χ4v) is 1.76. The molecule has 0 aromatic rings. The zero-order valence-electron chi connectivity index (χ0n) is 9.08. The van der Waals surface area contributed by atoms with Crippen LogP contribution in [0, 0.1) is 0 Å². The Morgan fingerprint density at radius 2 is 2.33 bits per heavy atom. The Labute approximate surface area is 89.4 Å². The number of halogens is 1. The van der Waals surface area contributed by atoms with Gasteiger partial charge in [-0.05, 0) is 26.4 Å². The highest BCUT2D eigenvalue weighted by Gasteiger charge is 2.23. The third-order valence-electron chi connectivity index (χ3n) is 2.73. The van der Waals surface area contributed by atoms with E-state index in [1.54, 1.807) is 0 Å². The molecule has 0 saturated carbocycles. The van der Waals surface area contributed by atoms with Crippen molar-refractivity contribution in [1.82, 2.24) is 10.2 Å². The monoisotopic (exact) mass is 218 g/mol. The van der Waals surface area contributed by atoms with Gasteiger partial charge in [-0.15, -0.1) is 0 Å². The molecule has 0 aromatic carbocycles. The minimum atomic E-state index is -0.773. The maximum absolute atomic E-state index is 12.8. The smallest absolute Gasteiger partial charge is 0.304 e. The number of carboxylic acid groups (broad SMARTS) is 1. The van der Waals surface area contributed by atoms with Gasteiger partial charge in [-0.1, -0.05) is 0 Å². The van der Waals surface area contributed by atoms with Gasteiger partial charge >= 0.3 is 5.97 Å². The van der Waals surface area contributed by atoms with Crippen molar-refractivity contribution >= 4 is 5.97 Å². The van der Waals surface area contributed by atoms with E-state index in [9.17, 15) is 9.18 Å². The lowest BCUT2D eigenvalue weighted by Crippen LogP contribution is -2.29. The van der Waals surface area contributed by atoms with Crippen molar-refractivity contribution in [1.29, 1.82) is 0 Å². The van der Waals surface area contributed by atoms with Crippen molar-refractivity contribution < 1.29 is 14.3 Å². The van der Waals surface area contributed by atoms with Crippen LogP contribution in [0.2, 0.25) is 0 Å². The van der Waals surface area contributed by atoms with Gasteiger partial charge in [-0.3, -0.25) is 4.79 Å². The molecule has 2 N–H and O–H groups in total. The second-order valence-electron chi connectivity index (χ2n) is 4.17. The highest BCUT2D eigenvalue weighted by molar-refractivity contribution is 5.66. The average molecular weight is 218 g/mol. The Morgan fingerprint density at radius 1 is 1.60 bits per heavy atom. The third-order valence-corrected chi connectivity index (χ3v) is 2.73. The van der Waals surface area contributed by atoms with Crippen LogP contribution in [0.1, 0.15) is 19.3 Å². The molecule has 88 valence electrons. The first-order valence-corrected chi connectivity index (χ1v) is 5.35. The van der Waals surface area contributed by atoms with Gasteiger partial charge in [-0.25, -0.2) is 4.39 Å². The lowest BCUT2D eigenvalue weighted by atomic mass is 10.1. The number of hydrogen-bond acceptors (Lipinski definition) is 3. The maximum atomic E-state index is 12.8. The summed E-state index contributed by atoms with van der Waals surface area (Å²) in [7, 11) is 1.89. The van der Waals surface area contributed by atoms with Crippen molar-refractivity contribution in [2.45, 2.75) is 31.5 Å². The lowest BCUT2D eigenvalue weighted by molar-refractivity contribution is -0.137. The highest BCUT2D eigenvalue weighted by Crippen LogP contribution is 2.12. The van der Waals surface area contributed by atoms with Crippen LogP contribution in [0.15, 0.2) is 0 Å². The second kappa shape index (κ2) is 6.02. The van der Waals surface area contributed by atoms with Gasteiger partial charge in [0.1, 0.15) is 6.17 Å². The molecule has 1 aliphatic rings. The molecular weight excluding hydrogens is 199 g/mol. The van der Waals surface area contributed by atoms with Crippen LogP contribution in [0.25, 0.3) is 0 Å². The molecule has 15 heavy (non-hydrogen) atoms. The number of rotatable bonds is 6. The van der Waals surface area contributed by atoms with E-state index in [0.717, 1.165) is 13.0 Å². The first-order chi connectivity index (χ1) is 7.08. The minimum Gasteiger partial charge on any atom is -0.481 e. The molecule has 5 heteroatoms. The summed E-state index contributed by atoms with van der Waals surface area (Å²) in [6.45, 7) is 1.84. The second-order valence-corrected chi connectivity index (χ2v) is 4.17. The fraction of sp³-hybridized carbons (Fsp3) is 0.900. The van der Waals surface area contributed by atoms with E-state index in [0.29, 0.717) is 19.5 Å². The van der Waals surface area contributed by atoms with E-state index in [-0.39, 0.29) is 12.5 Å². The number of nitrogens with one attached hydrogen (secondary N) is 1. The Morgan fingerprint density at radius 3 is 2.87 bits per heavy atom. The summed E-state index contributed by atoms with van der Waals surface area (Å²) in [5.41, 5.74) is 0. The van der Waals surface area contributed by atoms with E-state index in [1.807, 2.05) is 11.9 Å². The van der Waals surface area contributed by atoms with Crippen LogP contribution < -0.4 is 5.32 Å². The van der Waals surface area contributed by atoms with Gasteiger partial charge in [-0.2, -0.15) is 0 Å². The van der Waals surface area contributed by atoms with Crippen LogP contribution in [-0.4, -0.2) is 54.9 Å². The summed E-state index contributed by atoms with van der Waals surface area (Å²) in [4.78, 5) is 12.3. The number of alkyl halides is 1. The van der Waals surface area contributed by atoms with E-state index >= 15 is 0 Å². The van der Waals surface area contributed by atoms with Gasteiger partial charge < -0.3 is 15.3 Å². The van der Waals surface area contributed by atoms with Crippen LogP contribution >= 0.6 is 0 Å². The number of carbonyl (C=O) groups is 1. The highest BCUT2D eigenvalue weighted by atomic mass is 19.1. The Balaban J connectivity index is 2.06. The first kappa shape index (κ1) is 12.4. The Kier molecular flexibility index (Phi) is 4.98. The Hall–Kier alpha value is -0.680. The van der Waals surface area contributed by atoms with Crippen LogP contribution in [-0.2, 0) is 4.79 Å². The number of nitrogens with zero attached hydrogens (tertiary/aromatic N) is 1. The van der Waals surface area contributed by atoms with Gasteiger partial charge in [0.25, 0.3) is 0 Å². The zero-order valence-corrected chi connectivity index (χ0v) is 9.08. The molecule has 0 aliphatic carbocycles. The number of carboxylic acids is 1. The molecule has 1 heterocycles. The van der Waals surface area contributed by atoms with E-state index in [1.165, 1.54) is 0 Å². The summed E-state index contributed by atoms with van der Waals surface area (Å²) < 4.78 is 12.8. The summed E-state index contributed by atoms with van der Waals surface area (Å²) in [5, 5.41) is 11.6. The van der Waals surface area contributed by atoms with Crippen LogP contribution in [0.4, 0.5) is 4.39 Å². The zero-order chi connectivity index (χ0) is 11.3. The summed E-state index contributed by atoms with van der Waals surface area (Å²) in [6, 6.07) is 0.257. The van der Waals surface area contributed by atoms with Gasteiger partial charge in [0.15, 0.2) is 0 Å². The molecule has 2 unspecified atom stereocenters. The summed E-state index contributed by atoms with van der Waals surface area (Å²) in [6.07, 6.45) is 0.934. The molecule has 4 nitrogen and oxygen atoms in total. The predicted octanol–water partition coefficient (Wildman–Crippen LogP) is 0.483. The van der Waals surface area contributed by atoms with Crippen LogP contribution in [0.3, 0.4) is 0 Å². The van der Waals surface area contributed by atoms with Crippen molar-refractivity contribution in [3.8, 4) is 0 Å². The molecule has 1 aliphatic heterocycles. The maximum Gasteiger partial charge on any atom is 0.304 e. The van der Waals surface area contributed by atoms with Gasteiger partial charge in [0, 0.05) is 19.1 Å². The normalized spacial score (nSPS) is 26.1. The summed E-state index contributed by atoms with van der Waals surface area (Å²) >= 11 is 0. The van der Waals surface area contributed by atoms with Gasteiger partial charge in [0.2, 0.25) is 0 Å². The molecule has 0 spiro atoms. The summed E-state index contributed by atoms with van der Waals surface area (Å²) in [5.74, 6) is -0.773. The largest absolute Gasteiger partial charge is 0.481 e. The van der Waals surface area contributed by atoms with Crippen molar-refractivity contribution in [2.75, 3.05) is 26.7 Å². The van der Waals surface area contributed by atoms with Crippen molar-refractivity contribution in [2.24, 2.45) is 0 Å². The van der Waals surface area contributed by atoms with Crippen molar-refractivity contribution in [3.63, 3.8) is 0 Å². The molecule has 1 saturated heterocycles. The number of aliphatic carboxylic acids is 1.